The van der Waals surface area contributed by atoms with Crippen LogP contribution < -0.4 is 10.1 Å². The number of hydrogen-bond acceptors (Lipinski definition) is 3. The molecular formula is C21H22N2O2. The first-order chi connectivity index (χ1) is 12.1. The maximum atomic E-state index is 12.0. The van der Waals surface area contributed by atoms with Crippen LogP contribution in [-0.2, 0) is 11.2 Å². The van der Waals surface area contributed by atoms with Crippen molar-refractivity contribution in [3.63, 3.8) is 0 Å². The number of para-hydroxylation sites is 1. The van der Waals surface area contributed by atoms with Crippen LogP contribution >= 0.6 is 0 Å². The van der Waals surface area contributed by atoms with Crippen molar-refractivity contribution in [2.24, 2.45) is 0 Å². The molecule has 0 bridgehead atoms. The van der Waals surface area contributed by atoms with Crippen molar-refractivity contribution in [3.8, 4) is 5.75 Å². The fourth-order valence-electron chi connectivity index (χ4n) is 2.92. The molecule has 3 rings (SSSR count). The van der Waals surface area contributed by atoms with E-state index in [9.17, 15) is 4.79 Å². The summed E-state index contributed by atoms with van der Waals surface area (Å²) in [6.45, 7) is 4.61. The highest BCUT2D eigenvalue weighted by molar-refractivity contribution is 5.81. The number of aromatic nitrogens is 1. The van der Waals surface area contributed by atoms with Gasteiger partial charge < -0.3 is 10.1 Å². The Hall–Kier alpha value is -2.88. The molecule has 0 fully saturated rings. The van der Waals surface area contributed by atoms with Gasteiger partial charge in [0.1, 0.15) is 5.75 Å². The Morgan fingerprint density at radius 3 is 2.64 bits per heavy atom. The summed E-state index contributed by atoms with van der Waals surface area (Å²) in [5.41, 5.74) is 4.37. The summed E-state index contributed by atoms with van der Waals surface area (Å²) in [6, 6.07) is 16.0. The van der Waals surface area contributed by atoms with Crippen molar-refractivity contribution < 1.29 is 9.53 Å². The summed E-state index contributed by atoms with van der Waals surface area (Å²) in [7, 11) is 0. The Morgan fingerprint density at radius 2 is 1.84 bits per heavy atom. The first-order valence-electron chi connectivity index (χ1n) is 8.42. The van der Waals surface area contributed by atoms with E-state index in [2.05, 4.69) is 16.4 Å². The Labute approximate surface area is 147 Å². The molecule has 3 aromatic rings. The lowest BCUT2D eigenvalue weighted by atomic mass is 10.1. The van der Waals surface area contributed by atoms with E-state index in [4.69, 9.17) is 4.74 Å². The Kier molecular flexibility index (Phi) is 5.29. The molecule has 1 N–H and O–H groups in total. The number of ether oxygens (including phenoxy) is 1. The lowest BCUT2D eigenvalue weighted by molar-refractivity contribution is -0.123. The standard InChI is InChI=1S/C21H22N2O2/c1-15-11-16(2)13-19(12-15)25-14-20(24)22-10-8-18-6-3-5-17-7-4-9-23-21(17)18/h3-7,9,11-13H,8,10,14H2,1-2H3,(H,22,24). The van der Waals surface area contributed by atoms with E-state index in [1.165, 1.54) is 0 Å². The number of amides is 1. The van der Waals surface area contributed by atoms with Crippen LogP contribution in [0.1, 0.15) is 16.7 Å². The molecule has 0 spiro atoms. The number of hydrogen-bond donors (Lipinski definition) is 1. The molecule has 0 atom stereocenters. The quantitative estimate of drug-likeness (QED) is 0.749. The lowest BCUT2D eigenvalue weighted by Crippen LogP contribution is -2.30. The predicted octanol–water partition coefficient (Wildman–Crippen LogP) is 3.59. The third-order valence-electron chi connectivity index (χ3n) is 4.00. The second kappa shape index (κ2) is 7.79. The number of benzene rings is 2. The molecule has 128 valence electrons. The molecule has 2 aromatic carbocycles. The van der Waals surface area contributed by atoms with Crippen molar-refractivity contribution in [2.75, 3.05) is 13.2 Å². The maximum absolute atomic E-state index is 12.0. The van der Waals surface area contributed by atoms with Crippen molar-refractivity contribution in [1.82, 2.24) is 10.3 Å². The van der Waals surface area contributed by atoms with E-state index in [-0.39, 0.29) is 12.5 Å². The van der Waals surface area contributed by atoms with Crippen LogP contribution in [-0.4, -0.2) is 24.0 Å². The Balaban J connectivity index is 1.50. The van der Waals surface area contributed by atoms with Gasteiger partial charge in [0, 0.05) is 18.1 Å². The molecule has 0 aliphatic rings. The molecule has 1 amide bonds. The average molecular weight is 334 g/mol. The Bertz CT molecular complexity index is 864. The van der Waals surface area contributed by atoms with Crippen molar-refractivity contribution in [3.05, 3.63) is 71.4 Å². The summed E-state index contributed by atoms with van der Waals surface area (Å²) < 4.78 is 5.58. The van der Waals surface area contributed by atoms with Crippen LogP contribution in [0.5, 0.6) is 5.75 Å². The zero-order valence-electron chi connectivity index (χ0n) is 14.6. The van der Waals surface area contributed by atoms with Crippen molar-refractivity contribution in [2.45, 2.75) is 20.3 Å². The number of fused-ring (bicyclic) bond motifs is 1. The van der Waals surface area contributed by atoms with Crippen LogP contribution in [0.25, 0.3) is 10.9 Å². The summed E-state index contributed by atoms with van der Waals surface area (Å²) in [5, 5.41) is 4.02. The fourth-order valence-corrected chi connectivity index (χ4v) is 2.92. The lowest BCUT2D eigenvalue weighted by Gasteiger charge is -2.10. The number of nitrogens with one attached hydrogen (secondary N) is 1. The van der Waals surface area contributed by atoms with Gasteiger partial charge in [0.25, 0.3) is 5.91 Å². The van der Waals surface area contributed by atoms with E-state index in [1.54, 1.807) is 6.20 Å². The van der Waals surface area contributed by atoms with E-state index in [1.807, 2.05) is 56.3 Å². The topological polar surface area (TPSA) is 51.2 Å². The summed E-state index contributed by atoms with van der Waals surface area (Å²) in [6.07, 6.45) is 2.53. The number of carbonyl (C=O) groups is 1. The normalized spacial score (nSPS) is 10.6. The molecule has 0 aliphatic carbocycles. The summed E-state index contributed by atoms with van der Waals surface area (Å²) >= 11 is 0. The molecule has 4 nitrogen and oxygen atoms in total. The van der Waals surface area contributed by atoms with Gasteiger partial charge in [-0.1, -0.05) is 30.3 Å². The average Bonchev–Trinajstić information content (AvgIpc) is 2.59. The molecular weight excluding hydrogens is 312 g/mol. The fraction of sp³-hybridized carbons (Fsp3) is 0.238. The zero-order valence-corrected chi connectivity index (χ0v) is 14.6. The summed E-state index contributed by atoms with van der Waals surface area (Å²) in [4.78, 5) is 16.4. The number of carbonyl (C=O) groups excluding carboxylic acids is 1. The maximum Gasteiger partial charge on any atom is 0.257 e. The van der Waals surface area contributed by atoms with Gasteiger partial charge in [-0.05, 0) is 55.2 Å². The van der Waals surface area contributed by atoms with E-state index in [0.717, 1.165) is 39.8 Å². The molecule has 1 heterocycles. The van der Waals surface area contributed by atoms with Crippen LogP contribution in [0.3, 0.4) is 0 Å². The zero-order chi connectivity index (χ0) is 17.6. The van der Waals surface area contributed by atoms with Gasteiger partial charge in [-0.25, -0.2) is 0 Å². The second-order valence-electron chi connectivity index (χ2n) is 6.20. The van der Waals surface area contributed by atoms with Crippen LogP contribution in [0.15, 0.2) is 54.7 Å². The number of nitrogens with zero attached hydrogens (tertiary/aromatic N) is 1. The van der Waals surface area contributed by atoms with Gasteiger partial charge in [-0.2, -0.15) is 0 Å². The Morgan fingerprint density at radius 1 is 1.08 bits per heavy atom. The van der Waals surface area contributed by atoms with Crippen molar-refractivity contribution >= 4 is 16.8 Å². The smallest absolute Gasteiger partial charge is 0.257 e. The van der Waals surface area contributed by atoms with Crippen LogP contribution in [0.4, 0.5) is 0 Å². The number of aryl methyl sites for hydroxylation is 2. The monoisotopic (exact) mass is 334 g/mol. The predicted molar refractivity (Wildman–Crippen MR) is 99.9 cm³/mol. The molecule has 1 aromatic heterocycles. The van der Waals surface area contributed by atoms with E-state index in [0.29, 0.717) is 6.54 Å². The van der Waals surface area contributed by atoms with E-state index < -0.39 is 0 Å². The molecule has 0 saturated carbocycles. The minimum atomic E-state index is -0.118. The SMILES string of the molecule is Cc1cc(C)cc(OCC(=O)NCCc2cccc3cccnc23)c1. The summed E-state index contributed by atoms with van der Waals surface area (Å²) in [5.74, 6) is 0.609. The molecule has 0 radical (unpaired) electrons. The first kappa shape index (κ1) is 17.0. The van der Waals surface area contributed by atoms with Crippen molar-refractivity contribution in [1.29, 1.82) is 0 Å². The minimum Gasteiger partial charge on any atom is -0.484 e. The van der Waals surface area contributed by atoms with E-state index >= 15 is 0 Å². The highest BCUT2D eigenvalue weighted by atomic mass is 16.5. The van der Waals surface area contributed by atoms with Gasteiger partial charge in [0.15, 0.2) is 6.61 Å². The third-order valence-corrected chi connectivity index (χ3v) is 4.00. The van der Waals surface area contributed by atoms with Crippen LogP contribution in [0.2, 0.25) is 0 Å². The minimum absolute atomic E-state index is 0.0245. The van der Waals surface area contributed by atoms with Crippen LogP contribution in [0, 0.1) is 13.8 Å². The molecule has 0 saturated heterocycles. The third kappa shape index (κ3) is 4.57. The van der Waals surface area contributed by atoms with Gasteiger partial charge >= 0.3 is 0 Å². The molecule has 0 aliphatic heterocycles. The van der Waals surface area contributed by atoms with Gasteiger partial charge in [-0.3, -0.25) is 9.78 Å². The first-order valence-corrected chi connectivity index (χ1v) is 8.42. The van der Waals surface area contributed by atoms with Gasteiger partial charge in [-0.15, -0.1) is 0 Å². The number of rotatable bonds is 6. The molecule has 25 heavy (non-hydrogen) atoms. The highest BCUT2D eigenvalue weighted by Gasteiger charge is 2.05. The highest BCUT2D eigenvalue weighted by Crippen LogP contribution is 2.17. The molecule has 4 heteroatoms. The largest absolute Gasteiger partial charge is 0.484 e. The molecule has 0 unspecified atom stereocenters. The second-order valence-corrected chi connectivity index (χ2v) is 6.20. The number of pyridine rings is 1. The van der Waals surface area contributed by atoms with Gasteiger partial charge in [0.2, 0.25) is 0 Å². The van der Waals surface area contributed by atoms with Gasteiger partial charge in [0.05, 0.1) is 5.52 Å².